The van der Waals surface area contributed by atoms with Gasteiger partial charge >= 0.3 is 0 Å². The first-order valence-electron chi connectivity index (χ1n) is 5.62. The first-order chi connectivity index (χ1) is 8.72. The van der Waals surface area contributed by atoms with Crippen molar-refractivity contribution < 1.29 is 4.79 Å². The summed E-state index contributed by atoms with van der Waals surface area (Å²) in [6, 6.07) is 3.93. The number of hydrogen-bond acceptors (Lipinski definition) is 3. The van der Waals surface area contributed by atoms with Crippen molar-refractivity contribution in [3.8, 4) is 5.82 Å². The monoisotopic (exact) mass is 240 g/mol. The molecule has 3 heterocycles. The number of carbonyl (C=O) groups excluding carboxylic acids is 1. The van der Waals surface area contributed by atoms with Crippen LogP contribution >= 0.6 is 0 Å². The van der Waals surface area contributed by atoms with Gasteiger partial charge in [0, 0.05) is 24.8 Å². The van der Waals surface area contributed by atoms with Crippen molar-refractivity contribution in [2.45, 2.75) is 6.92 Å². The molecule has 0 fully saturated rings. The van der Waals surface area contributed by atoms with Crippen LogP contribution in [0.25, 0.3) is 16.7 Å². The molecule has 0 atom stereocenters. The van der Waals surface area contributed by atoms with Crippen LogP contribution in [-0.2, 0) is 7.05 Å². The Kier molecular flexibility index (Phi) is 2.26. The maximum absolute atomic E-state index is 11.2. The zero-order valence-electron chi connectivity index (χ0n) is 10.2. The molecule has 0 N–H and O–H groups in total. The third-order valence-electron chi connectivity index (χ3n) is 3.08. The lowest BCUT2D eigenvalue weighted by Crippen LogP contribution is -2.04. The van der Waals surface area contributed by atoms with Crippen LogP contribution in [0.4, 0.5) is 0 Å². The SMILES string of the molecule is Cc1nn(C)c(-n2ccc3ccncc32)c1C=O. The van der Waals surface area contributed by atoms with Gasteiger partial charge in [-0.25, -0.2) is 0 Å². The summed E-state index contributed by atoms with van der Waals surface area (Å²) >= 11 is 0. The number of rotatable bonds is 2. The average Bonchev–Trinajstić information content (AvgIpc) is 2.89. The van der Waals surface area contributed by atoms with Gasteiger partial charge in [0.05, 0.1) is 23.0 Å². The summed E-state index contributed by atoms with van der Waals surface area (Å²) in [6.07, 6.45) is 6.31. The van der Waals surface area contributed by atoms with Crippen molar-refractivity contribution in [2.75, 3.05) is 0 Å². The van der Waals surface area contributed by atoms with Crippen molar-refractivity contribution in [3.05, 3.63) is 42.0 Å². The maximum Gasteiger partial charge on any atom is 0.155 e. The first-order valence-corrected chi connectivity index (χ1v) is 5.62. The number of aldehydes is 1. The van der Waals surface area contributed by atoms with Crippen molar-refractivity contribution in [2.24, 2.45) is 7.05 Å². The van der Waals surface area contributed by atoms with E-state index in [-0.39, 0.29) is 0 Å². The lowest BCUT2D eigenvalue weighted by atomic mass is 10.2. The van der Waals surface area contributed by atoms with Gasteiger partial charge in [0.2, 0.25) is 0 Å². The van der Waals surface area contributed by atoms with Crippen LogP contribution in [0.5, 0.6) is 0 Å². The molecule has 3 aromatic rings. The van der Waals surface area contributed by atoms with Gasteiger partial charge in [0.15, 0.2) is 6.29 Å². The molecule has 0 bridgehead atoms. The van der Waals surface area contributed by atoms with E-state index in [2.05, 4.69) is 10.1 Å². The molecule has 0 unspecified atom stereocenters. The lowest BCUT2D eigenvalue weighted by molar-refractivity contribution is 0.112. The average molecular weight is 240 g/mol. The second kappa shape index (κ2) is 3.80. The Hall–Kier alpha value is -2.43. The summed E-state index contributed by atoms with van der Waals surface area (Å²) in [5, 5.41) is 5.37. The van der Waals surface area contributed by atoms with Gasteiger partial charge < -0.3 is 0 Å². The zero-order chi connectivity index (χ0) is 12.7. The van der Waals surface area contributed by atoms with Gasteiger partial charge in [-0.2, -0.15) is 5.10 Å². The summed E-state index contributed by atoms with van der Waals surface area (Å²) in [5.74, 6) is 0.769. The molecule has 0 aliphatic heterocycles. The summed E-state index contributed by atoms with van der Waals surface area (Å²) < 4.78 is 3.65. The summed E-state index contributed by atoms with van der Waals surface area (Å²) in [4.78, 5) is 15.3. The van der Waals surface area contributed by atoms with Gasteiger partial charge in [-0.05, 0) is 19.1 Å². The normalized spacial score (nSPS) is 11.0. The number of aryl methyl sites for hydroxylation is 2. The Morgan fingerprint density at radius 2 is 2.17 bits per heavy atom. The third kappa shape index (κ3) is 1.37. The van der Waals surface area contributed by atoms with Crippen LogP contribution < -0.4 is 0 Å². The fourth-order valence-electron chi connectivity index (χ4n) is 2.24. The molecule has 0 aromatic carbocycles. The molecule has 18 heavy (non-hydrogen) atoms. The van der Waals surface area contributed by atoms with Gasteiger partial charge in [-0.1, -0.05) is 0 Å². The van der Waals surface area contributed by atoms with Crippen molar-refractivity contribution >= 4 is 17.2 Å². The number of fused-ring (bicyclic) bond motifs is 1. The number of carbonyl (C=O) groups is 1. The largest absolute Gasteiger partial charge is 0.299 e. The molecule has 0 aliphatic rings. The van der Waals surface area contributed by atoms with Crippen LogP contribution in [0, 0.1) is 6.92 Å². The van der Waals surface area contributed by atoms with Crippen molar-refractivity contribution in [1.29, 1.82) is 0 Å². The van der Waals surface area contributed by atoms with E-state index in [0.717, 1.165) is 28.7 Å². The molecule has 0 radical (unpaired) electrons. The predicted octanol–water partition coefficient (Wildman–Crippen LogP) is 1.88. The molecule has 5 nitrogen and oxygen atoms in total. The fourth-order valence-corrected chi connectivity index (χ4v) is 2.24. The van der Waals surface area contributed by atoms with Gasteiger partial charge in [-0.3, -0.25) is 19.0 Å². The van der Waals surface area contributed by atoms with E-state index in [1.54, 1.807) is 17.1 Å². The molecular formula is C13H12N4O. The van der Waals surface area contributed by atoms with E-state index in [0.29, 0.717) is 5.56 Å². The smallest absolute Gasteiger partial charge is 0.155 e. The molecule has 0 saturated heterocycles. The highest BCUT2D eigenvalue weighted by Gasteiger charge is 2.15. The van der Waals surface area contributed by atoms with Crippen LogP contribution in [0.2, 0.25) is 0 Å². The lowest BCUT2D eigenvalue weighted by Gasteiger charge is -2.06. The van der Waals surface area contributed by atoms with Gasteiger partial charge in [0.1, 0.15) is 5.82 Å². The summed E-state index contributed by atoms with van der Waals surface area (Å²) in [7, 11) is 1.83. The Balaban J connectivity index is 2.36. The molecule has 0 amide bonds. The molecule has 3 rings (SSSR count). The molecule has 0 saturated carbocycles. The predicted molar refractivity (Wildman–Crippen MR) is 68.0 cm³/mol. The minimum Gasteiger partial charge on any atom is -0.299 e. The molecule has 3 aromatic heterocycles. The van der Waals surface area contributed by atoms with Crippen LogP contribution in [0.1, 0.15) is 16.1 Å². The molecule has 5 heteroatoms. The fraction of sp³-hybridized carbons (Fsp3) is 0.154. The Morgan fingerprint density at radius 1 is 1.33 bits per heavy atom. The minimum absolute atomic E-state index is 0.610. The van der Waals surface area contributed by atoms with Crippen LogP contribution in [0.15, 0.2) is 30.7 Å². The quantitative estimate of drug-likeness (QED) is 0.643. The third-order valence-corrected chi connectivity index (χ3v) is 3.08. The zero-order valence-corrected chi connectivity index (χ0v) is 10.2. The number of pyridine rings is 1. The Morgan fingerprint density at radius 3 is 2.94 bits per heavy atom. The van der Waals surface area contributed by atoms with Gasteiger partial charge in [-0.15, -0.1) is 0 Å². The van der Waals surface area contributed by atoms with E-state index in [9.17, 15) is 4.79 Å². The highest BCUT2D eigenvalue weighted by Crippen LogP contribution is 2.22. The van der Waals surface area contributed by atoms with E-state index in [1.165, 1.54) is 0 Å². The van der Waals surface area contributed by atoms with Crippen LogP contribution in [0.3, 0.4) is 0 Å². The maximum atomic E-state index is 11.2. The standard InChI is InChI=1S/C13H12N4O/c1-9-11(8-18)13(16(2)15-9)17-6-4-10-3-5-14-7-12(10)17/h3-8H,1-2H3. The summed E-state index contributed by atoms with van der Waals surface area (Å²) in [6.45, 7) is 1.83. The molecule has 90 valence electrons. The number of nitrogens with zero attached hydrogens (tertiary/aromatic N) is 4. The minimum atomic E-state index is 0.610. The second-order valence-corrected chi connectivity index (χ2v) is 4.18. The highest BCUT2D eigenvalue weighted by atomic mass is 16.1. The first kappa shape index (κ1) is 10.7. The van der Waals surface area contributed by atoms with E-state index in [4.69, 9.17) is 0 Å². The van der Waals surface area contributed by atoms with Crippen molar-refractivity contribution in [1.82, 2.24) is 19.3 Å². The Bertz CT molecular complexity index is 739. The molecule has 0 spiro atoms. The highest BCUT2D eigenvalue weighted by molar-refractivity contribution is 5.86. The molecular weight excluding hydrogens is 228 g/mol. The topological polar surface area (TPSA) is 52.7 Å². The van der Waals surface area contributed by atoms with Crippen LogP contribution in [-0.4, -0.2) is 25.6 Å². The number of aromatic nitrogens is 4. The second-order valence-electron chi connectivity index (χ2n) is 4.18. The van der Waals surface area contributed by atoms with Gasteiger partial charge in [0.25, 0.3) is 0 Å². The van der Waals surface area contributed by atoms with E-state index in [1.807, 2.05) is 36.9 Å². The van der Waals surface area contributed by atoms with E-state index >= 15 is 0 Å². The van der Waals surface area contributed by atoms with Crippen molar-refractivity contribution in [3.63, 3.8) is 0 Å². The van der Waals surface area contributed by atoms with E-state index < -0.39 is 0 Å². The summed E-state index contributed by atoms with van der Waals surface area (Å²) in [5.41, 5.74) is 2.30. The Labute approximate surface area is 104 Å². The molecule has 0 aliphatic carbocycles. The number of hydrogen-bond donors (Lipinski definition) is 0.